The van der Waals surface area contributed by atoms with E-state index < -0.39 is 5.95 Å². The second kappa shape index (κ2) is 3.67. The average Bonchev–Trinajstić information content (AvgIpc) is 2.30. The van der Waals surface area contributed by atoms with Gasteiger partial charge < -0.3 is 4.74 Å². The summed E-state index contributed by atoms with van der Waals surface area (Å²) in [5, 5.41) is 3.65. The molecule has 0 fully saturated rings. The number of aromatic nitrogens is 2. The highest BCUT2D eigenvalue weighted by molar-refractivity contribution is 4.99. The zero-order chi connectivity index (χ0) is 9.14. The van der Waals surface area contributed by atoms with E-state index in [1.54, 1.807) is 6.92 Å². The summed E-state index contributed by atoms with van der Waals surface area (Å²) < 4.78 is 19.4. The molecule has 4 heteroatoms. The van der Waals surface area contributed by atoms with Crippen LogP contribution >= 0.6 is 0 Å². The third-order valence-electron chi connectivity index (χ3n) is 1.64. The first-order valence-corrected chi connectivity index (χ1v) is 3.98. The van der Waals surface area contributed by atoms with Crippen molar-refractivity contribution in [2.75, 3.05) is 6.61 Å². The van der Waals surface area contributed by atoms with Crippen LogP contribution in [0.2, 0.25) is 0 Å². The summed E-state index contributed by atoms with van der Waals surface area (Å²) >= 11 is 0. The van der Waals surface area contributed by atoms with Gasteiger partial charge in [0.1, 0.15) is 6.23 Å². The Balaban J connectivity index is 2.79. The van der Waals surface area contributed by atoms with Gasteiger partial charge in [-0.05, 0) is 20.8 Å². The van der Waals surface area contributed by atoms with E-state index in [-0.39, 0.29) is 6.23 Å². The number of ether oxygens (including phenoxy) is 1. The number of halogens is 1. The molecule has 0 aliphatic heterocycles. The molecule has 1 unspecified atom stereocenters. The SMILES string of the molecule is CCOC(C)n1nc(F)cc1C. The van der Waals surface area contributed by atoms with E-state index in [1.807, 2.05) is 13.8 Å². The van der Waals surface area contributed by atoms with Crippen LogP contribution < -0.4 is 0 Å². The van der Waals surface area contributed by atoms with Crippen LogP contribution in [-0.2, 0) is 4.74 Å². The molecule has 0 aliphatic rings. The fourth-order valence-corrected chi connectivity index (χ4v) is 1.13. The van der Waals surface area contributed by atoms with Gasteiger partial charge in [0.05, 0.1) is 0 Å². The van der Waals surface area contributed by atoms with Crippen molar-refractivity contribution < 1.29 is 9.13 Å². The zero-order valence-electron chi connectivity index (χ0n) is 7.54. The van der Waals surface area contributed by atoms with Crippen LogP contribution in [0.3, 0.4) is 0 Å². The fraction of sp³-hybridized carbons (Fsp3) is 0.625. The van der Waals surface area contributed by atoms with E-state index in [0.29, 0.717) is 6.61 Å². The number of aryl methyl sites for hydroxylation is 1. The van der Waals surface area contributed by atoms with E-state index in [0.717, 1.165) is 5.69 Å². The number of rotatable bonds is 3. The normalized spacial score (nSPS) is 13.3. The summed E-state index contributed by atoms with van der Waals surface area (Å²) in [5.74, 6) is -0.459. The van der Waals surface area contributed by atoms with Crippen LogP contribution in [0.15, 0.2) is 6.07 Å². The molecule has 0 saturated heterocycles. The van der Waals surface area contributed by atoms with E-state index in [4.69, 9.17) is 4.74 Å². The fourth-order valence-electron chi connectivity index (χ4n) is 1.13. The van der Waals surface area contributed by atoms with Gasteiger partial charge in [0, 0.05) is 18.4 Å². The minimum absolute atomic E-state index is 0.195. The van der Waals surface area contributed by atoms with Crippen LogP contribution in [0, 0.1) is 12.9 Å². The summed E-state index contributed by atoms with van der Waals surface area (Å²) in [5.41, 5.74) is 0.772. The quantitative estimate of drug-likeness (QED) is 0.696. The summed E-state index contributed by atoms with van der Waals surface area (Å²) in [6, 6.07) is 1.38. The second-order valence-electron chi connectivity index (χ2n) is 2.61. The molecular formula is C8H13FN2O. The van der Waals surface area contributed by atoms with Crippen molar-refractivity contribution in [2.24, 2.45) is 0 Å². The molecule has 0 bridgehead atoms. The maximum absolute atomic E-state index is 12.6. The van der Waals surface area contributed by atoms with Crippen LogP contribution in [-0.4, -0.2) is 16.4 Å². The lowest BCUT2D eigenvalue weighted by atomic mass is 10.5. The first kappa shape index (κ1) is 9.19. The van der Waals surface area contributed by atoms with Crippen molar-refractivity contribution in [3.63, 3.8) is 0 Å². The Morgan fingerprint density at radius 3 is 2.83 bits per heavy atom. The van der Waals surface area contributed by atoms with E-state index >= 15 is 0 Å². The average molecular weight is 172 g/mol. The van der Waals surface area contributed by atoms with Gasteiger partial charge in [-0.1, -0.05) is 0 Å². The molecule has 0 aliphatic carbocycles. The predicted octanol–water partition coefficient (Wildman–Crippen LogP) is 1.89. The molecular weight excluding hydrogens is 159 g/mol. The largest absolute Gasteiger partial charge is 0.357 e. The Hall–Kier alpha value is -0.900. The van der Waals surface area contributed by atoms with Crippen molar-refractivity contribution in [1.82, 2.24) is 9.78 Å². The molecule has 0 radical (unpaired) electrons. The molecule has 1 heterocycles. The summed E-state index contributed by atoms with van der Waals surface area (Å²) in [7, 11) is 0. The maximum atomic E-state index is 12.6. The number of nitrogens with zero attached hydrogens (tertiary/aromatic N) is 2. The van der Waals surface area contributed by atoms with Crippen molar-refractivity contribution in [3.8, 4) is 0 Å². The predicted molar refractivity (Wildman–Crippen MR) is 43.3 cm³/mol. The Morgan fingerprint density at radius 1 is 1.75 bits per heavy atom. The third kappa shape index (κ3) is 1.82. The lowest BCUT2D eigenvalue weighted by Crippen LogP contribution is -2.12. The molecule has 12 heavy (non-hydrogen) atoms. The Morgan fingerprint density at radius 2 is 2.42 bits per heavy atom. The Bertz CT molecular complexity index is 260. The Kier molecular flexibility index (Phi) is 2.81. The molecule has 0 spiro atoms. The zero-order valence-corrected chi connectivity index (χ0v) is 7.54. The van der Waals surface area contributed by atoms with Gasteiger partial charge in [-0.25, -0.2) is 4.68 Å². The summed E-state index contributed by atoms with van der Waals surface area (Å²) in [6.07, 6.45) is -0.195. The van der Waals surface area contributed by atoms with Crippen LogP contribution in [0.25, 0.3) is 0 Å². The topological polar surface area (TPSA) is 27.1 Å². The molecule has 68 valence electrons. The van der Waals surface area contributed by atoms with Crippen LogP contribution in [0.5, 0.6) is 0 Å². The van der Waals surface area contributed by atoms with Gasteiger partial charge in [-0.15, -0.1) is 5.10 Å². The smallest absolute Gasteiger partial charge is 0.233 e. The molecule has 1 aromatic heterocycles. The molecule has 0 amide bonds. The standard InChI is InChI=1S/C8H13FN2O/c1-4-12-7(3)11-6(2)5-8(9)10-11/h5,7H,4H2,1-3H3. The van der Waals surface area contributed by atoms with Crippen LogP contribution in [0.4, 0.5) is 4.39 Å². The summed E-state index contributed by atoms with van der Waals surface area (Å²) in [4.78, 5) is 0. The van der Waals surface area contributed by atoms with Crippen molar-refractivity contribution in [1.29, 1.82) is 0 Å². The number of hydrogen-bond acceptors (Lipinski definition) is 2. The highest BCUT2D eigenvalue weighted by Crippen LogP contribution is 2.10. The molecule has 0 saturated carbocycles. The van der Waals surface area contributed by atoms with Gasteiger partial charge in [-0.2, -0.15) is 4.39 Å². The third-order valence-corrected chi connectivity index (χ3v) is 1.64. The lowest BCUT2D eigenvalue weighted by Gasteiger charge is -2.13. The maximum Gasteiger partial charge on any atom is 0.233 e. The molecule has 1 rings (SSSR count). The molecule has 0 N–H and O–H groups in total. The number of hydrogen-bond donors (Lipinski definition) is 0. The van der Waals surface area contributed by atoms with Crippen molar-refractivity contribution in [3.05, 3.63) is 17.7 Å². The second-order valence-corrected chi connectivity index (χ2v) is 2.61. The van der Waals surface area contributed by atoms with Crippen molar-refractivity contribution in [2.45, 2.75) is 27.0 Å². The van der Waals surface area contributed by atoms with Crippen molar-refractivity contribution >= 4 is 0 Å². The Labute approximate surface area is 71.1 Å². The first-order valence-electron chi connectivity index (χ1n) is 3.98. The molecule has 0 aromatic carbocycles. The lowest BCUT2D eigenvalue weighted by molar-refractivity contribution is 0.0135. The van der Waals surface area contributed by atoms with E-state index in [1.165, 1.54) is 10.7 Å². The van der Waals surface area contributed by atoms with Crippen LogP contribution in [0.1, 0.15) is 25.8 Å². The van der Waals surface area contributed by atoms with Gasteiger partial charge in [-0.3, -0.25) is 0 Å². The van der Waals surface area contributed by atoms with Gasteiger partial charge >= 0.3 is 0 Å². The first-order chi connectivity index (χ1) is 5.65. The molecule has 1 atom stereocenters. The van der Waals surface area contributed by atoms with Gasteiger partial charge in [0.15, 0.2) is 0 Å². The monoisotopic (exact) mass is 172 g/mol. The highest BCUT2D eigenvalue weighted by Gasteiger charge is 2.09. The van der Waals surface area contributed by atoms with Gasteiger partial charge in [0.2, 0.25) is 5.95 Å². The van der Waals surface area contributed by atoms with Gasteiger partial charge in [0.25, 0.3) is 0 Å². The minimum atomic E-state index is -0.459. The minimum Gasteiger partial charge on any atom is -0.357 e. The van der Waals surface area contributed by atoms with E-state index in [2.05, 4.69) is 5.10 Å². The highest BCUT2D eigenvalue weighted by atomic mass is 19.1. The molecule has 1 aromatic rings. The van der Waals surface area contributed by atoms with E-state index in [9.17, 15) is 4.39 Å². The molecule has 3 nitrogen and oxygen atoms in total. The summed E-state index contributed by atoms with van der Waals surface area (Å²) in [6.45, 7) is 6.13.